The van der Waals surface area contributed by atoms with Crippen LogP contribution in [-0.4, -0.2) is 31.2 Å². The maximum Gasteiger partial charge on any atom is 0.104 e. The third-order valence-corrected chi connectivity index (χ3v) is 2.73. The molecule has 0 unspecified atom stereocenters. The molecule has 0 aromatic heterocycles. The average molecular weight is 268 g/mol. The number of nitrogens with two attached hydrogens (primary N) is 3. The molecule has 0 radical (unpaired) electrons. The Labute approximate surface area is 115 Å². The van der Waals surface area contributed by atoms with Crippen LogP contribution in [0.3, 0.4) is 0 Å². The molecule has 0 bridgehead atoms. The quantitative estimate of drug-likeness (QED) is 0.459. The average Bonchev–Trinajstić information content (AvgIpc) is 2.34. The molecule has 1 aromatic carbocycles. The molecule has 5 heteroatoms. The summed E-state index contributed by atoms with van der Waals surface area (Å²) in [5.74, 6) is 0. The minimum atomic E-state index is 0.478. The molecule has 18 heavy (non-hydrogen) atoms. The van der Waals surface area contributed by atoms with Gasteiger partial charge in [-0.15, -0.1) is 0 Å². The maximum atomic E-state index is 5.51. The second-order valence-corrected chi connectivity index (χ2v) is 4.38. The zero-order chi connectivity index (χ0) is 14.0. The van der Waals surface area contributed by atoms with E-state index in [1.165, 1.54) is 11.1 Å². The van der Waals surface area contributed by atoms with Crippen LogP contribution in [0, 0.1) is 13.8 Å². The molecule has 4 nitrogen and oxygen atoms in total. The van der Waals surface area contributed by atoms with Crippen molar-refractivity contribution in [3.05, 3.63) is 34.9 Å². The SMILES string of the molecule is Cc1cccc(C(N)=S)c1C.NCCNCCN. The van der Waals surface area contributed by atoms with E-state index >= 15 is 0 Å². The smallest absolute Gasteiger partial charge is 0.104 e. The van der Waals surface area contributed by atoms with E-state index in [0.717, 1.165) is 18.7 Å². The van der Waals surface area contributed by atoms with Gasteiger partial charge >= 0.3 is 0 Å². The van der Waals surface area contributed by atoms with Gasteiger partial charge in [-0.1, -0.05) is 30.4 Å². The van der Waals surface area contributed by atoms with Gasteiger partial charge in [0.1, 0.15) is 4.99 Å². The number of thiocarbonyl (C=S) groups is 1. The predicted octanol–water partition coefficient (Wildman–Crippen LogP) is 0.431. The van der Waals surface area contributed by atoms with E-state index in [2.05, 4.69) is 18.3 Å². The van der Waals surface area contributed by atoms with Crippen molar-refractivity contribution in [1.29, 1.82) is 0 Å². The molecule has 1 aromatic rings. The van der Waals surface area contributed by atoms with Gasteiger partial charge in [0, 0.05) is 31.7 Å². The Balaban J connectivity index is 0.000000360. The number of rotatable bonds is 5. The van der Waals surface area contributed by atoms with Crippen molar-refractivity contribution >= 4 is 17.2 Å². The van der Waals surface area contributed by atoms with Crippen LogP contribution in [0.15, 0.2) is 18.2 Å². The molecule has 0 aliphatic carbocycles. The highest BCUT2D eigenvalue weighted by Crippen LogP contribution is 2.11. The Morgan fingerprint density at radius 1 is 1.17 bits per heavy atom. The zero-order valence-corrected chi connectivity index (χ0v) is 12.0. The van der Waals surface area contributed by atoms with E-state index in [0.29, 0.717) is 18.1 Å². The van der Waals surface area contributed by atoms with Gasteiger partial charge in [-0.05, 0) is 25.0 Å². The van der Waals surface area contributed by atoms with Crippen LogP contribution in [0.4, 0.5) is 0 Å². The van der Waals surface area contributed by atoms with Gasteiger partial charge < -0.3 is 22.5 Å². The van der Waals surface area contributed by atoms with Gasteiger partial charge in [-0.3, -0.25) is 0 Å². The molecule has 0 aliphatic heterocycles. The van der Waals surface area contributed by atoms with Crippen molar-refractivity contribution in [1.82, 2.24) is 5.32 Å². The van der Waals surface area contributed by atoms with E-state index in [9.17, 15) is 0 Å². The number of hydrogen-bond acceptors (Lipinski definition) is 4. The summed E-state index contributed by atoms with van der Waals surface area (Å²) in [5, 5.41) is 3.03. The summed E-state index contributed by atoms with van der Waals surface area (Å²) >= 11 is 4.89. The highest BCUT2D eigenvalue weighted by molar-refractivity contribution is 7.80. The molecule has 0 spiro atoms. The lowest BCUT2D eigenvalue weighted by Crippen LogP contribution is -2.27. The standard InChI is InChI=1S/C9H11NS.C4H13N3/c1-6-4-3-5-8(7(6)2)9(10)11;5-1-3-7-4-2-6/h3-5H,1-2H3,(H2,10,11);7H,1-6H2. The lowest BCUT2D eigenvalue weighted by Gasteiger charge is -2.05. The summed E-state index contributed by atoms with van der Waals surface area (Å²) in [6, 6.07) is 5.97. The molecule has 7 N–H and O–H groups in total. The fourth-order valence-electron chi connectivity index (χ4n) is 1.35. The number of benzene rings is 1. The van der Waals surface area contributed by atoms with E-state index in [4.69, 9.17) is 29.4 Å². The summed E-state index contributed by atoms with van der Waals surface area (Å²) in [6.07, 6.45) is 0. The van der Waals surface area contributed by atoms with E-state index in [1.54, 1.807) is 0 Å². The first-order valence-corrected chi connectivity index (χ1v) is 6.42. The summed E-state index contributed by atoms with van der Waals surface area (Å²) in [6.45, 7) is 7.22. The molecule has 0 amide bonds. The fourth-order valence-corrected chi connectivity index (χ4v) is 1.57. The van der Waals surface area contributed by atoms with Crippen LogP contribution in [-0.2, 0) is 0 Å². The third kappa shape index (κ3) is 6.66. The first kappa shape index (κ1) is 17.0. The van der Waals surface area contributed by atoms with Gasteiger partial charge in [0.2, 0.25) is 0 Å². The fraction of sp³-hybridized carbons (Fsp3) is 0.462. The minimum Gasteiger partial charge on any atom is -0.389 e. The summed E-state index contributed by atoms with van der Waals surface area (Å²) < 4.78 is 0. The topological polar surface area (TPSA) is 90.1 Å². The van der Waals surface area contributed by atoms with Gasteiger partial charge in [-0.25, -0.2) is 0 Å². The Kier molecular flexibility index (Phi) is 9.40. The zero-order valence-electron chi connectivity index (χ0n) is 11.2. The Hall–Kier alpha value is -1.01. The Bertz CT molecular complexity index is 362. The number of hydrogen-bond donors (Lipinski definition) is 4. The maximum absolute atomic E-state index is 5.51. The lowest BCUT2D eigenvalue weighted by molar-refractivity contribution is 0.696. The van der Waals surface area contributed by atoms with Crippen molar-refractivity contribution < 1.29 is 0 Å². The molecule has 0 fully saturated rings. The molecule has 0 heterocycles. The van der Waals surface area contributed by atoms with Crippen molar-refractivity contribution in [3.8, 4) is 0 Å². The molecule has 102 valence electrons. The normalized spacial score (nSPS) is 9.56. The molecule has 0 aliphatic rings. The van der Waals surface area contributed by atoms with Crippen LogP contribution >= 0.6 is 12.2 Å². The van der Waals surface area contributed by atoms with Gasteiger partial charge in [-0.2, -0.15) is 0 Å². The first-order valence-electron chi connectivity index (χ1n) is 6.01. The molecular weight excluding hydrogens is 244 g/mol. The molecule has 1 rings (SSSR count). The second kappa shape index (κ2) is 9.96. The van der Waals surface area contributed by atoms with Gasteiger partial charge in [0.15, 0.2) is 0 Å². The number of nitrogens with one attached hydrogen (secondary N) is 1. The van der Waals surface area contributed by atoms with Crippen molar-refractivity contribution in [2.75, 3.05) is 26.2 Å². The molecular formula is C13H24N4S. The summed E-state index contributed by atoms with van der Waals surface area (Å²) in [4.78, 5) is 0.478. The third-order valence-electron chi connectivity index (χ3n) is 2.51. The lowest BCUT2D eigenvalue weighted by atomic mass is 10.0. The predicted molar refractivity (Wildman–Crippen MR) is 82.8 cm³/mol. The van der Waals surface area contributed by atoms with Gasteiger partial charge in [0.05, 0.1) is 0 Å². The van der Waals surface area contributed by atoms with Crippen LogP contribution in [0.1, 0.15) is 16.7 Å². The van der Waals surface area contributed by atoms with E-state index in [1.807, 2.05) is 19.1 Å². The Morgan fingerprint density at radius 3 is 2.11 bits per heavy atom. The summed E-state index contributed by atoms with van der Waals surface area (Å²) in [5.41, 5.74) is 19.2. The van der Waals surface area contributed by atoms with Crippen LogP contribution in [0.2, 0.25) is 0 Å². The van der Waals surface area contributed by atoms with Crippen LogP contribution in [0.25, 0.3) is 0 Å². The molecule has 0 saturated heterocycles. The highest BCUT2D eigenvalue weighted by Gasteiger charge is 2.01. The molecule has 0 saturated carbocycles. The highest BCUT2D eigenvalue weighted by atomic mass is 32.1. The largest absolute Gasteiger partial charge is 0.389 e. The van der Waals surface area contributed by atoms with E-state index in [-0.39, 0.29) is 0 Å². The Morgan fingerprint density at radius 2 is 1.72 bits per heavy atom. The molecule has 0 atom stereocenters. The van der Waals surface area contributed by atoms with Crippen LogP contribution in [0.5, 0.6) is 0 Å². The summed E-state index contributed by atoms with van der Waals surface area (Å²) in [7, 11) is 0. The second-order valence-electron chi connectivity index (χ2n) is 3.94. The van der Waals surface area contributed by atoms with Crippen molar-refractivity contribution in [2.45, 2.75) is 13.8 Å². The van der Waals surface area contributed by atoms with Gasteiger partial charge in [0.25, 0.3) is 0 Å². The minimum absolute atomic E-state index is 0.478. The van der Waals surface area contributed by atoms with E-state index < -0.39 is 0 Å². The number of aryl methyl sites for hydroxylation is 1. The monoisotopic (exact) mass is 268 g/mol. The van der Waals surface area contributed by atoms with Crippen molar-refractivity contribution in [2.24, 2.45) is 17.2 Å². The first-order chi connectivity index (χ1) is 8.54. The van der Waals surface area contributed by atoms with Crippen molar-refractivity contribution in [3.63, 3.8) is 0 Å². The van der Waals surface area contributed by atoms with Crippen LogP contribution < -0.4 is 22.5 Å².